The van der Waals surface area contributed by atoms with Gasteiger partial charge in [0, 0.05) is 54.4 Å². The standard InChI is InChI=1S/C18H19F3N4/c19-18(20,21)12-25-11-13(9-22-25)10-24-7-5-15-14-3-1-2-4-16(14)23-17(15)6-8-24/h1-4,9,11,23H,5-8,10,12H2. The van der Waals surface area contributed by atoms with E-state index in [0.29, 0.717) is 6.54 Å². The minimum Gasteiger partial charge on any atom is -0.358 e. The Morgan fingerprint density at radius 1 is 1.12 bits per heavy atom. The number of hydrogen-bond acceptors (Lipinski definition) is 2. The lowest BCUT2D eigenvalue weighted by Crippen LogP contribution is -2.26. The number of hydrogen-bond donors (Lipinski definition) is 1. The van der Waals surface area contributed by atoms with Crippen LogP contribution >= 0.6 is 0 Å². The van der Waals surface area contributed by atoms with Crippen LogP contribution in [-0.4, -0.2) is 38.9 Å². The first-order valence-corrected chi connectivity index (χ1v) is 8.37. The van der Waals surface area contributed by atoms with Crippen molar-refractivity contribution in [3.05, 3.63) is 53.5 Å². The highest BCUT2D eigenvalue weighted by molar-refractivity contribution is 5.84. The van der Waals surface area contributed by atoms with Crippen LogP contribution in [0.5, 0.6) is 0 Å². The van der Waals surface area contributed by atoms with Crippen molar-refractivity contribution in [3.8, 4) is 0 Å². The lowest BCUT2D eigenvalue weighted by Gasteiger charge is -2.18. The van der Waals surface area contributed by atoms with Crippen LogP contribution in [0.2, 0.25) is 0 Å². The average Bonchev–Trinajstić information content (AvgIpc) is 3.06. The molecule has 0 amide bonds. The summed E-state index contributed by atoms with van der Waals surface area (Å²) in [6.07, 6.45) is 0.644. The first kappa shape index (κ1) is 16.2. The van der Waals surface area contributed by atoms with Crippen LogP contribution in [-0.2, 0) is 25.9 Å². The minimum absolute atomic E-state index is 0.625. The molecular formula is C18H19F3N4. The quantitative estimate of drug-likeness (QED) is 0.786. The van der Waals surface area contributed by atoms with E-state index in [-0.39, 0.29) is 0 Å². The highest BCUT2D eigenvalue weighted by Crippen LogP contribution is 2.26. The summed E-state index contributed by atoms with van der Waals surface area (Å²) in [5.74, 6) is 0. The van der Waals surface area contributed by atoms with E-state index in [2.05, 4.69) is 27.1 Å². The molecule has 1 aromatic carbocycles. The van der Waals surface area contributed by atoms with Gasteiger partial charge < -0.3 is 4.98 Å². The molecule has 132 valence electrons. The SMILES string of the molecule is FC(F)(F)Cn1cc(CN2CCc3[nH]c4ccccc4c3CC2)cn1. The Bertz CT molecular complexity index is 878. The van der Waals surface area contributed by atoms with Crippen LogP contribution in [0.25, 0.3) is 10.9 Å². The number of H-pyrrole nitrogens is 1. The number of halogens is 3. The first-order chi connectivity index (χ1) is 12.0. The Morgan fingerprint density at radius 2 is 1.92 bits per heavy atom. The Balaban J connectivity index is 1.44. The summed E-state index contributed by atoms with van der Waals surface area (Å²) in [7, 11) is 0. The second-order valence-corrected chi connectivity index (χ2v) is 6.57. The number of benzene rings is 1. The highest BCUT2D eigenvalue weighted by atomic mass is 19.4. The molecule has 1 aliphatic rings. The molecule has 0 saturated carbocycles. The molecule has 3 heterocycles. The molecule has 25 heavy (non-hydrogen) atoms. The van der Waals surface area contributed by atoms with Gasteiger partial charge in [0.15, 0.2) is 0 Å². The summed E-state index contributed by atoms with van der Waals surface area (Å²) in [6.45, 7) is 1.35. The third kappa shape index (κ3) is 3.56. The monoisotopic (exact) mass is 348 g/mol. The highest BCUT2D eigenvalue weighted by Gasteiger charge is 2.28. The fraction of sp³-hybridized carbons (Fsp3) is 0.389. The molecule has 2 aromatic heterocycles. The second-order valence-electron chi connectivity index (χ2n) is 6.57. The molecule has 1 N–H and O–H groups in total. The van der Waals surface area contributed by atoms with E-state index < -0.39 is 12.7 Å². The maximum atomic E-state index is 12.4. The summed E-state index contributed by atoms with van der Waals surface area (Å²) in [5, 5.41) is 5.10. The van der Waals surface area contributed by atoms with Crippen molar-refractivity contribution >= 4 is 10.9 Å². The van der Waals surface area contributed by atoms with Gasteiger partial charge in [-0.05, 0) is 18.1 Å². The topological polar surface area (TPSA) is 36.9 Å². The van der Waals surface area contributed by atoms with E-state index >= 15 is 0 Å². The number of fused-ring (bicyclic) bond motifs is 3. The smallest absolute Gasteiger partial charge is 0.358 e. The van der Waals surface area contributed by atoms with Gasteiger partial charge in [-0.25, -0.2) is 0 Å². The zero-order valence-electron chi connectivity index (χ0n) is 13.7. The van der Waals surface area contributed by atoms with E-state index in [1.807, 2.05) is 12.1 Å². The van der Waals surface area contributed by atoms with Gasteiger partial charge in [0.2, 0.25) is 0 Å². The summed E-state index contributed by atoms with van der Waals surface area (Å²) in [5.41, 5.74) is 4.64. The maximum Gasteiger partial charge on any atom is 0.408 e. The molecule has 0 atom stereocenters. The van der Waals surface area contributed by atoms with Gasteiger partial charge in [0.1, 0.15) is 6.54 Å². The number of nitrogens with zero attached hydrogens (tertiary/aromatic N) is 3. The van der Waals surface area contributed by atoms with Gasteiger partial charge in [0.25, 0.3) is 0 Å². The van der Waals surface area contributed by atoms with E-state index in [1.165, 1.54) is 34.6 Å². The molecule has 3 aromatic rings. The van der Waals surface area contributed by atoms with Crippen molar-refractivity contribution in [2.75, 3.05) is 13.1 Å². The first-order valence-electron chi connectivity index (χ1n) is 8.37. The van der Waals surface area contributed by atoms with Gasteiger partial charge in [-0.15, -0.1) is 0 Å². The molecular weight excluding hydrogens is 329 g/mol. The third-order valence-corrected chi connectivity index (χ3v) is 4.69. The number of nitrogens with one attached hydrogen (secondary N) is 1. The van der Waals surface area contributed by atoms with E-state index in [1.54, 1.807) is 0 Å². The molecule has 0 spiro atoms. The molecule has 0 bridgehead atoms. The number of para-hydroxylation sites is 1. The van der Waals surface area contributed by atoms with E-state index in [4.69, 9.17) is 0 Å². The van der Waals surface area contributed by atoms with Crippen LogP contribution in [0.15, 0.2) is 36.7 Å². The molecule has 1 aliphatic heterocycles. The van der Waals surface area contributed by atoms with Crippen molar-refractivity contribution in [2.24, 2.45) is 0 Å². The maximum absolute atomic E-state index is 12.4. The van der Waals surface area contributed by atoms with Crippen molar-refractivity contribution in [2.45, 2.75) is 32.1 Å². The summed E-state index contributed by atoms with van der Waals surface area (Å²) in [6, 6.07) is 8.31. The van der Waals surface area contributed by atoms with E-state index in [0.717, 1.165) is 36.2 Å². The summed E-state index contributed by atoms with van der Waals surface area (Å²) < 4.78 is 38.3. The van der Waals surface area contributed by atoms with Gasteiger partial charge in [0.05, 0.1) is 6.20 Å². The molecule has 7 heteroatoms. The van der Waals surface area contributed by atoms with Crippen molar-refractivity contribution in [1.82, 2.24) is 19.7 Å². The Hall–Kier alpha value is -2.28. The normalized spacial score (nSPS) is 16.1. The lowest BCUT2D eigenvalue weighted by atomic mass is 10.1. The number of alkyl halides is 3. The third-order valence-electron chi connectivity index (χ3n) is 4.69. The fourth-order valence-electron chi connectivity index (χ4n) is 3.58. The molecule has 0 saturated heterocycles. The predicted molar refractivity (Wildman–Crippen MR) is 89.3 cm³/mol. The van der Waals surface area contributed by atoms with Gasteiger partial charge in [-0.1, -0.05) is 18.2 Å². The zero-order valence-corrected chi connectivity index (χ0v) is 13.7. The van der Waals surface area contributed by atoms with Gasteiger partial charge >= 0.3 is 6.18 Å². The Morgan fingerprint density at radius 3 is 2.76 bits per heavy atom. The van der Waals surface area contributed by atoms with E-state index in [9.17, 15) is 13.2 Å². The van der Waals surface area contributed by atoms with Gasteiger partial charge in [-0.3, -0.25) is 9.58 Å². The Labute approximate surface area is 143 Å². The number of aromatic amines is 1. The van der Waals surface area contributed by atoms with Crippen LogP contribution in [0.4, 0.5) is 13.2 Å². The largest absolute Gasteiger partial charge is 0.408 e. The van der Waals surface area contributed by atoms with Crippen LogP contribution in [0.3, 0.4) is 0 Å². The lowest BCUT2D eigenvalue weighted by molar-refractivity contribution is -0.142. The Kier molecular flexibility index (Phi) is 4.03. The summed E-state index contributed by atoms with van der Waals surface area (Å²) >= 11 is 0. The molecule has 0 fully saturated rings. The van der Waals surface area contributed by atoms with Crippen molar-refractivity contribution < 1.29 is 13.2 Å². The number of aromatic nitrogens is 3. The van der Waals surface area contributed by atoms with Crippen molar-refractivity contribution in [1.29, 1.82) is 0 Å². The zero-order chi connectivity index (χ0) is 17.4. The van der Waals surface area contributed by atoms with Crippen LogP contribution in [0, 0.1) is 0 Å². The van der Waals surface area contributed by atoms with Gasteiger partial charge in [-0.2, -0.15) is 18.3 Å². The molecule has 0 aliphatic carbocycles. The van der Waals surface area contributed by atoms with Crippen molar-refractivity contribution in [3.63, 3.8) is 0 Å². The molecule has 0 unspecified atom stereocenters. The molecule has 4 nitrogen and oxygen atoms in total. The predicted octanol–water partition coefficient (Wildman–Crippen LogP) is 3.53. The average molecular weight is 348 g/mol. The molecule has 4 rings (SSSR count). The van der Waals surface area contributed by atoms with Crippen LogP contribution in [0.1, 0.15) is 16.8 Å². The minimum atomic E-state index is -4.24. The fourth-order valence-corrected chi connectivity index (χ4v) is 3.58. The molecule has 0 radical (unpaired) electrons. The second kappa shape index (κ2) is 6.22. The summed E-state index contributed by atoms with van der Waals surface area (Å²) in [4.78, 5) is 5.78. The number of rotatable bonds is 3. The van der Waals surface area contributed by atoms with Crippen LogP contribution < -0.4 is 0 Å².